The van der Waals surface area contributed by atoms with Crippen molar-refractivity contribution in [1.82, 2.24) is 0 Å². The molecule has 0 heterocycles. The van der Waals surface area contributed by atoms with E-state index in [-0.39, 0.29) is 0 Å². The van der Waals surface area contributed by atoms with E-state index in [9.17, 15) is 0 Å². The molecule has 0 aliphatic heterocycles. The second kappa shape index (κ2) is 6.25. The minimum absolute atomic E-state index is 0.637. The molecule has 2 saturated carbocycles. The lowest BCUT2D eigenvalue weighted by Crippen LogP contribution is -2.65. The Hall–Kier alpha value is 0. The highest BCUT2D eigenvalue weighted by Gasteiger charge is 2.65. The molecule has 0 spiro atoms. The molecule has 21 heavy (non-hydrogen) atoms. The molecule has 0 aromatic carbocycles. The maximum absolute atomic E-state index is 2.65. The number of fused-ring (bicyclic) bond motifs is 1. The highest BCUT2D eigenvalue weighted by molar-refractivity contribution is 5.13. The minimum Gasteiger partial charge on any atom is -0.0651 e. The molecule has 0 nitrogen and oxygen atoms in total. The molecule has 0 N–H and O–H groups in total. The summed E-state index contributed by atoms with van der Waals surface area (Å²) in [6.07, 6.45) is 5.74. The van der Waals surface area contributed by atoms with Gasteiger partial charge in [0.2, 0.25) is 0 Å². The third kappa shape index (κ3) is 2.49. The fourth-order valence-electron chi connectivity index (χ4n) is 6.70. The number of hydrogen-bond donors (Lipinski definition) is 0. The van der Waals surface area contributed by atoms with Gasteiger partial charge in [0.15, 0.2) is 0 Å². The molecule has 2 aliphatic rings. The highest BCUT2D eigenvalue weighted by atomic mass is 14.7. The molecule has 0 amide bonds. The Kier molecular flexibility index (Phi) is 5.16. The summed E-state index contributed by atoms with van der Waals surface area (Å²) in [7, 11) is 0. The van der Waals surface area contributed by atoms with E-state index < -0.39 is 0 Å². The van der Waals surface area contributed by atoms with Crippen LogP contribution in [0.3, 0.4) is 0 Å². The molecule has 0 aromatic rings. The highest BCUT2D eigenvalue weighted by Crippen LogP contribution is 2.72. The van der Waals surface area contributed by atoms with Crippen LogP contribution in [0.2, 0.25) is 0 Å². The Labute approximate surface area is 134 Å². The molecule has 2 rings (SSSR count). The Morgan fingerprint density at radius 3 is 1.95 bits per heavy atom. The van der Waals surface area contributed by atoms with Crippen LogP contribution in [-0.4, -0.2) is 0 Å². The zero-order chi connectivity index (χ0) is 15.9. The van der Waals surface area contributed by atoms with Gasteiger partial charge in [-0.25, -0.2) is 0 Å². The summed E-state index contributed by atoms with van der Waals surface area (Å²) < 4.78 is 0. The van der Waals surface area contributed by atoms with Gasteiger partial charge in [0.1, 0.15) is 0 Å². The first-order valence-electron chi connectivity index (χ1n) is 9.80. The van der Waals surface area contributed by atoms with Gasteiger partial charge in [-0.15, -0.1) is 0 Å². The summed E-state index contributed by atoms with van der Waals surface area (Å²) in [5.41, 5.74) is 0.637. The molecule has 8 atom stereocenters. The fraction of sp³-hybridized carbons (Fsp3) is 1.00. The van der Waals surface area contributed by atoms with Crippen LogP contribution in [0.4, 0.5) is 0 Å². The van der Waals surface area contributed by atoms with Crippen molar-refractivity contribution in [2.75, 3.05) is 0 Å². The summed E-state index contributed by atoms with van der Waals surface area (Å²) in [5.74, 6) is 7.54. The molecule has 0 aromatic heterocycles. The summed E-state index contributed by atoms with van der Waals surface area (Å²) in [6, 6.07) is 0. The Balaban J connectivity index is 2.22. The average molecular weight is 293 g/mol. The van der Waals surface area contributed by atoms with Crippen molar-refractivity contribution < 1.29 is 0 Å². The van der Waals surface area contributed by atoms with Crippen molar-refractivity contribution in [3.8, 4) is 0 Å². The van der Waals surface area contributed by atoms with Gasteiger partial charge in [-0.3, -0.25) is 0 Å². The normalized spacial score (nSPS) is 40.7. The fourth-order valence-corrected chi connectivity index (χ4v) is 6.70. The molecule has 2 fully saturated rings. The van der Waals surface area contributed by atoms with E-state index in [2.05, 4.69) is 55.4 Å². The molecular weight excluding hydrogens is 252 g/mol. The SMILES string of the molecule is CCC(C)C(C(C)C)C(C)C1C2CCC2C1(C)C(C)CC. The van der Waals surface area contributed by atoms with Crippen LogP contribution in [0.5, 0.6) is 0 Å². The summed E-state index contributed by atoms with van der Waals surface area (Å²) >= 11 is 0. The van der Waals surface area contributed by atoms with E-state index in [1.165, 1.54) is 25.7 Å². The predicted molar refractivity (Wildman–Crippen MR) is 94.2 cm³/mol. The van der Waals surface area contributed by atoms with E-state index in [0.29, 0.717) is 5.41 Å². The van der Waals surface area contributed by atoms with Crippen molar-refractivity contribution in [2.45, 2.75) is 81.1 Å². The maximum Gasteiger partial charge on any atom is -0.0236 e. The maximum atomic E-state index is 2.65. The second-order valence-electron chi connectivity index (χ2n) is 9.11. The van der Waals surface area contributed by atoms with Crippen molar-refractivity contribution in [3.63, 3.8) is 0 Å². The summed E-state index contributed by atoms with van der Waals surface area (Å²) in [6.45, 7) is 20.0. The van der Waals surface area contributed by atoms with E-state index in [0.717, 1.165) is 47.3 Å². The summed E-state index contributed by atoms with van der Waals surface area (Å²) in [4.78, 5) is 0. The molecule has 0 radical (unpaired) electrons. The number of hydrogen-bond acceptors (Lipinski definition) is 0. The van der Waals surface area contributed by atoms with Gasteiger partial charge < -0.3 is 0 Å². The Morgan fingerprint density at radius 1 is 0.952 bits per heavy atom. The largest absolute Gasteiger partial charge is 0.0651 e. The monoisotopic (exact) mass is 292 g/mol. The molecule has 2 aliphatic carbocycles. The van der Waals surface area contributed by atoms with E-state index in [1.54, 1.807) is 0 Å². The average Bonchev–Trinajstić information content (AvgIpc) is 2.41. The molecular formula is C21H40. The van der Waals surface area contributed by atoms with Crippen molar-refractivity contribution in [1.29, 1.82) is 0 Å². The van der Waals surface area contributed by atoms with Gasteiger partial charge in [-0.05, 0) is 65.6 Å². The van der Waals surface area contributed by atoms with Crippen LogP contribution in [0.25, 0.3) is 0 Å². The molecule has 0 saturated heterocycles. The first kappa shape index (κ1) is 17.4. The van der Waals surface area contributed by atoms with Gasteiger partial charge in [0.25, 0.3) is 0 Å². The van der Waals surface area contributed by atoms with E-state index >= 15 is 0 Å². The number of rotatable bonds is 7. The van der Waals surface area contributed by atoms with Gasteiger partial charge in [-0.1, -0.05) is 68.2 Å². The molecule has 124 valence electrons. The van der Waals surface area contributed by atoms with Crippen molar-refractivity contribution in [3.05, 3.63) is 0 Å². The smallest absolute Gasteiger partial charge is 0.0236 e. The first-order chi connectivity index (χ1) is 9.80. The van der Waals surface area contributed by atoms with Crippen LogP contribution in [-0.2, 0) is 0 Å². The van der Waals surface area contributed by atoms with Gasteiger partial charge in [0, 0.05) is 0 Å². The first-order valence-corrected chi connectivity index (χ1v) is 9.80. The van der Waals surface area contributed by atoms with Crippen LogP contribution >= 0.6 is 0 Å². The van der Waals surface area contributed by atoms with Gasteiger partial charge >= 0.3 is 0 Å². The standard InChI is InChI=1S/C21H40/c1-9-14(5)19(13(3)4)16(7)20-17-11-12-18(17)21(20,8)15(6)10-2/h13-20H,9-12H2,1-8H3. The van der Waals surface area contributed by atoms with Crippen LogP contribution < -0.4 is 0 Å². The topological polar surface area (TPSA) is 0 Å². The van der Waals surface area contributed by atoms with E-state index in [4.69, 9.17) is 0 Å². The molecule has 0 bridgehead atoms. The zero-order valence-electron chi connectivity index (χ0n) is 15.9. The van der Waals surface area contributed by atoms with E-state index in [1.807, 2.05) is 0 Å². The van der Waals surface area contributed by atoms with Crippen molar-refractivity contribution in [2.24, 2.45) is 52.8 Å². The van der Waals surface area contributed by atoms with Gasteiger partial charge in [-0.2, -0.15) is 0 Å². The van der Waals surface area contributed by atoms with Crippen molar-refractivity contribution >= 4 is 0 Å². The lowest BCUT2D eigenvalue weighted by atomic mass is 9.33. The molecule has 8 unspecified atom stereocenters. The lowest BCUT2D eigenvalue weighted by Gasteiger charge is -2.71. The summed E-state index contributed by atoms with van der Waals surface area (Å²) in [5, 5.41) is 0. The third-order valence-electron chi connectivity index (χ3n) is 8.22. The van der Waals surface area contributed by atoms with Crippen LogP contribution in [0.15, 0.2) is 0 Å². The quantitative estimate of drug-likeness (QED) is 0.493. The Morgan fingerprint density at radius 2 is 1.57 bits per heavy atom. The van der Waals surface area contributed by atoms with Gasteiger partial charge in [0.05, 0.1) is 0 Å². The van der Waals surface area contributed by atoms with Crippen LogP contribution in [0.1, 0.15) is 81.1 Å². The Bertz CT molecular complexity index is 338. The second-order valence-corrected chi connectivity index (χ2v) is 9.11. The third-order valence-corrected chi connectivity index (χ3v) is 8.22. The molecule has 0 heteroatoms. The minimum atomic E-state index is 0.637. The zero-order valence-corrected chi connectivity index (χ0v) is 15.9. The van der Waals surface area contributed by atoms with Crippen LogP contribution in [0, 0.1) is 52.8 Å². The lowest BCUT2D eigenvalue weighted by molar-refractivity contribution is -0.234. The predicted octanol–water partition coefficient (Wildman–Crippen LogP) is 6.65.